The largest absolute Gasteiger partial charge is 0.342 e. The number of piperidine rings is 3. The van der Waals surface area contributed by atoms with Gasteiger partial charge in [0.15, 0.2) is 0 Å². The van der Waals surface area contributed by atoms with Gasteiger partial charge in [0, 0.05) is 38.1 Å². The van der Waals surface area contributed by atoms with Gasteiger partial charge in [-0.25, -0.2) is 0 Å². The van der Waals surface area contributed by atoms with E-state index in [4.69, 9.17) is 0 Å². The van der Waals surface area contributed by atoms with Crippen LogP contribution < -0.4 is 0 Å². The lowest BCUT2D eigenvalue weighted by molar-refractivity contribution is -0.131. The topological polar surface area (TPSA) is 26.8 Å². The average molecular weight is 376 g/mol. The van der Waals surface area contributed by atoms with Crippen LogP contribution in [-0.4, -0.2) is 72.5 Å². The van der Waals surface area contributed by atoms with Crippen molar-refractivity contribution >= 4 is 5.91 Å². The zero-order chi connectivity index (χ0) is 18.8. The Morgan fingerprint density at radius 1 is 1.11 bits per heavy atom. The van der Waals surface area contributed by atoms with Gasteiger partial charge in [0.1, 0.15) is 0 Å². The van der Waals surface area contributed by atoms with Crippen molar-refractivity contribution in [3.63, 3.8) is 0 Å². The zero-order valence-electron chi connectivity index (χ0n) is 17.7. The van der Waals surface area contributed by atoms with Crippen LogP contribution in [0.3, 0.4) is 0 Å². The second-order valence-electron chi connectivity index (χ2n) is 9.92. The molecule has 0 aromatic carbocycles. The fraction of sp³-hybridized carbons (Fsp3) is 0.957. The predicted octanol–water partition coefficient (Wildman–Crippen LogP) is 3.61. The molecule has 4 heteroatoms. The summed E-state index contributed by atoms with van der Waals surface area (Å²) in [5.41, 5.74) is 0. The second kappa shape index (κ2) is 8.82. The lowest BCUT2D eigenvalue weighted by Gasteiger charge is -2.57. The molecule has 0 unspecified atom stereocenters. The number of carbonyl (C=O) groups excluding carboxylic acids is 1. The maximum atomic E-state index is 12.8. The van der Waals surface area contributed by atoms with E-state index in [-0.39, 0.29) is 0 Å². The van der Waals surface area contributed by atoms with Crippen LogP contribution in [0.1, 0.15) is 71.1 Å². The molecule has 1 saturated carbocycles. The van der Waals surface area contributed by atoms with E-state index >= 15 is 0 Å². The normalized spacial score (nSPS) is 34.3. The summed E-state index contributed by atoms with van der Waals surface area (Å²) < 4.78 is 0. The highest BCUT2D eigenvalue weighted by molar-refractivity contribution is 5.76. The van der Waals surface area contributed by atoms with Crippen LogP contribution in [0.2, 0.25) is 0 Å². The molecule has 1 aliphatic carbocycles. The third-order valence-electron chi connectivity index (χ3n) is 7.84. The van der Waals surface area contributed by atoms with Crippen molar-refractivity contribution in [1.82, 2.24) is 14.7 Å². The number of amides is 1. The molecule has 0 bridgehead atoms. The first-order valence-electron chi connectivity index (χ1n) is 11.9. The number of rotatable bonds is 8. The zero-order valence-corrected chi connectivity index (χ0v) is 17.7. The lowest BCUT2D eigenvalue weighted by atomic mass is 9.69. The predicted molar refractivity (Wildman–Crippen MR) is 111 cm³/mol. The van der Waals surface area contributed by atoms with E-state index in [0.29, 0.717) is 11.9 Å². The van der Waals surface area contributed by atoms with Crippen molar-refractivity contribution in [3.05, 3.63) is 0 Å². The van der Waals surface area contributed by atoms with Crippen molar-refractivity contribution in [1.29, 1.82) is 0 Å². The first-order valence-corrected chi connectivity index (χ1v) is 11.9. The molecule has 27 heavy (non-hydrogen) atoms. The minimum absolute atomic E-state index is 0.419. The van der Waals surface area contributed by atoms with Crippen LogP contribution in [-0.2, 0) is 4.79 Å². The molecule has 3 saturated heterocycles. The minimum Gasteiger partial charge on any atom is -0.342 e. The maximum absolute atomic E-state index is 12.8. The summed E-state index contributed by atoms with van der Waals surface area (Å²) in [7, 11) is 2.35. The van der Waals surface area contributed by atoms with Crippen molar-refractivity contribution in [2.45, 2.75) is 83.2 Å². The molecule has 0 aromatic rings. The van der Waals surface area contributed by atoms with E-state index < -0.39 is 0 Å². The molecule has 4 nitrogen and oxygen atoms in total. The molecule has 4 atom stereocenters. The summed E-state index contributed by atoms with van der Waals surface area (Å²) in [5.74, 6) is 2.96. The lowest BCUT2D eigenvalue weighted by Crippen LogP contribution is -2.63. The van der Waals surface area contributed by atoms with Gasteiger partial charge in [-0.2, -0.15) is 0 Å². The van der Waals surface area contributed by atoms with Gasteiger partial charge < -0.3 is 9.80 Å². The highest BCUT2D eigenvalue weighted by atomic mass is 16.2. The van der Waals surface area contributed by atoms with Crippen LogP contribution >= 0.6 is 0 Å². The number of hydrogen-bond donors (Lipinski definition) is 0. The highest BCUT2D eigenvalue weighted by Gasteiger charge is 2.47. The Morgan fingerprint density at radius 3 is 2.63 bits per heavy atom. The Kier molecular flexibility index (Phi) is 6.43. The molecule has 4 aliphatic rings. The number of carbonyl (C=O) groups is 1. The highest BCUT2D eigenvalue weighted by Crippen LogP contribution is 2.42. The van der Waals surface area contributed by atoms with Crippen LogP contribution in [0.15, 0.2) is 0 Å². The Bertz CT molecular complexity index is 504. The fourth-order valence-corrected chi connectivity index (χ4v) is 6.46. The molecule has 3 aliphatic heterocycles. The first-order chi connectivity index (χ1) is 13.2. The van der Waals surface area contributed by atoms with Gasteiger partial charge in [-0.1, -0.05) is 6.92 Å². The van der Waals surface area contributed by atoms with Gasteiger partial charge in [-0.05, 0) is 95.7 Å². The van der Waals surface area contributed by atoms with E-state index in [0.717, 1.165) is 56.1 Å². The summed E-state index contributed by atoms with van der Waals surface area (Å²) in [6, 6.07) is 1.54. The van der Waals surface area contributed by atoms with Gasteiger partial charge in [-0.15, -0.1) is 0 Å². The SMILES string of the molecule is CCCN(CC1CC1)C(=O)CCC[C@@H]1[C@H]2CCCN3CCC[C@@H](CN1C)[C@@H]23. The van der Waals surface area contributed by atoms with E-state index in [9.17, 15) is 4.79 Å². The van der Waals surface area contributed by atoms with Crippen LogP contribution in [0.4, 0.5) is 0 Å². The molecule has 0 spiro atoms. The molecular formula is C23H41N3O. The quantitative estimate of drug-likeness (QED) is 0.648. The smallest absolute Gasteiger partial charge is 0.222 e. The van der Waals surface area contributed by atoms with E-state index in [1.54, 1.807) is 0 Å². The molecule has 0 aromatic heterocycles. The molecule has 154 valence electrons. The number of hydrogen-bond acceptors (Lipinski definition) is 3. The summed E-state index contributed by atoms with van der Waals surface area (Å²) in [4.78, 5) is 20.4. The summed E-state index contributed by atoms with van der Waals surface area (Å²) in [5, 5.41) is 0. The van der Waals surface area contributed by atoms with Gasteiger partial charge in [-0.3, -0.25) is 9.69 Å². The molecule has 0 N–H and O–H groups in total. The van der Waals surface area contributed by atoms with Gasteiger partial charge in [0.25, 0.3) is 0 Å². The summed E-state index contributed by atoms with van der Waals surface area (Å²) in [6.45, 7) is 8.12. The third kappa shape index (κ3) is 4.53. The Labute approximate surface area is 166 Å². The van der Waals surface area contributed by atoms with Crippen LogP contribution in [0.25, 0.3) is 0 Å². The monoisotopic (exact) mass is 375 g/mol. The number of nitrogens with zero attached hydrogens (tertiary/aromatic N) is 3. The van der Waals surface area contributed by atoms with Gasteiger partial charge in [0.2, 0.25) is 5.91 Å². The Hall–Kier alpha value is -0.610. The fourth-order valence-electron chi connectivity index (χ4n) is 6.46. The molecule has 1 amide bonds. The van der Waals surface area contributed by atoms with Crippen molar-refractivity contribution < 1.29 is 4.79 Å². The van der Waals surface area contributed by atoms with Crippen molar-refractivity contribution in [3.8, 4) is 0 Å². The summed E-state index contributed by atoms with van der Waals surface area (Å²) >= 11 is 0. The number of likely N-dealkylation sites (tertiary alicyclic amines) is 1. The van der Waals surface area contributed by atoms with Crippen LogP contribution in [0.5, 0.6) is 0 Å². The van der Waals surface area contributed by atoms with Crippen LogP contribution in [0, 0.1) is 17.8 Å². The second-order valence-corrected chi connectivity index (χ2v) is 9.92. The Balaban J connectivity index is 1.31. The molecule has 4 fully saturated rings. The molecule has 4 rings (SSSR count). The summed E-state index contributed by atoms with van der Waals surface area (Å²) in [6.07, 6.45) is 12.4. The molecule has 3 heterocycles. The van der Waals surface area contributed by atoms with E-state index in [2.05, 4.69) is 28.7 Å². The van der Waals surface area contributed by atoms with E-state index in [1.165, 1.54) is 64.6 Å². The minimum atomic E-state index is 0.419. The van der Waals surface area contributed by atoms with E-state index in [1.807, 2.05) is 0 Å². The van der Waals surface area contributed by atoms with Gasteiger partial charge >= 0.3 is 0 Å². The van der Waals surface area contributed by atoms with Crippen molar-refractivity contribution in [2.75, 3.05) is 39.8 Å². The van der Waals surface area contributed by atoms with Crippen molar-refractivity contribution in [2.24, 2.45) is 17.8 Å². The Morgan fingerprint density at radius 2 is 1.89 bits per heavy atom. The standard InChI is InChI=1S/C23H41N3O/c1-3-13-26(16-18-11-12-18)22(27)10-4-9-21-20-8-6-15-25-14-5-7-19(23(20)25)17-24(21)2/h18-21,23H,3-17H2,1-2H3/t19-,20+,21+,23-/m0/s1. The third-order valence-corrected chi connectivity index (χ3v) is 7.84. The first kappa shape index (κ1) is 19.7. The molecule has 0 radical (unpaired) electrons. The molecular weight excluding hydrogens is 334 g/mol. The average Bonchev–Trinajstić information content (AvgIpc) is 3.48. The van der Waals surface area contributed by atoms with Gasteiger partial charge in [0.05, 0.1) is 0 Å². The maximum Gasteiger partial charge on any atom is 0.222 e.